The van der Waals surface area contributed by atoms with Crippen molar-refractivity contribution in [2.75, 3.05) is 13.2 Å². The number of aliphatic hydroxyl groups is 5. The lowest BCUT2D eigenvalue weighted by Gasteiger charge is -2.41. The van der Waals surface area contributed by atoms with Crippen molar-refractivity contribution >= 4 is 11.9 Å². The summed E-state index contributed by atoms with van der Waals surface area (Å²) < 4.78 is 17.6. The molecule has 0 saturated carbocycles. The van der Waals surface area contributed by atoms with E-state index in [-0.39, 0.29) is 19.4 Å². The van der Waals surface area contributed by atoms with Crippen LogP contribution < -0.4 is 5.32 Å². The van der Waals surface area contributed by atoms with Gasteiger partial charge in [0.25, 0.3) is 0 Å². The number of ether oxygens (including phenoxy) is 3. The third kappa shape index (κ3) is 43.8. The van der Waals surface area contributed by atoms with Crippen LogP contribution >= 0.6 is 0 Å². The maximum Gasteiger partial charge on any atom is 0.306 e. The van der Waals surface area contributed by atoms with Gasteiger partial charge in [0, 0.05) is 6.42 Å². The van der Waals surface area contributed by atoms with Crippen molar-refractivity contribution in [1.82, 2.24) is 5.32 Å². The monoisotopic (exact) mass is 1130 g/mol. The topological polar surface area (TPSA) is 175 Å². The van der Waals surface area contributed by atoms with E-state index in [0.29, 0.717) is 12.8 Å². The predicted molar refractivity (Wildman–Crippen MR) is 337 cm³/mol. The second-order valence-electron chi connectivity index (χ2n) is 21.1. The summed E-state index contributed by atoms with van der Waals surface area (Å²) in [5.74, 6) is -1.26. The lowest BCUT2D eigenvalue weighted by atomic mass is 9.99. The van der Waals surface area contributed by atoms with Crippen LogP contribution in [0.25, 0.3) is 0 Å². The van der Waals surface area contributed by atoms with E-state index in [9.17, 15) is 35.1 Å². The smallest absolute Gasteiger partial charge is 0.306 e. The summed E-state index contributed by atoms with van der Waals surface area (Å²) in [6.45, 7) is 5.47. The molecule has 1 rings (SSSR count). The molecule has 6 N–H and O–H groups in total. The Hall–Kier alpha value is -4.46. The molecule has 8 unspecified atom stereocenters. The first-order valence-corrected chi connectivity index (χ1v) is 31.7. The van der Waals surface area contributed by atoms with Crippen LogP contribution in [0.15, 0.2) is 146 Å². The van der Waals surface area contributed by atoms with Crippen LogP contribution in [0.2, 0.25) is 0 Å². The molecule has 1 fully saturated rings. The van der Waals surface area contributed by atoms with Crippen molar-refractivity contribution in [3.8, 4) is 0 Å². The number of carbonyl (C=O) groups excluding carboxylic acids is 2. The van der Waals surface area contributed by atoms with Crippen LogP contribution in [0.5, 0.6) is 0 Å². The van der Waals surface area contributed by atoms with Gasteiger partial charge in [0.15, 0.2) is 12.4 Å². The molecule has 11 heteroatoms. The molecule has 1 aliphatic heterocycles. The fourth-order valence-corrected chi connectivity index (χ4v) is 8.91. The molecule has 0 aromatic heterocycles. The van der Waals surface area contributed by atoms with E-state index in [1.54, 1.807) is 6.08 Å². The Kier molecular flexibility index (Phi) is 51.6. The highest BCUT2D eigenvalue weighted by Crippen LogP contribution is 2.26. The highest BCUT2D eigenvalue weighted by molar-refractivity contribution is 5.80. The van der Waals surface area contributed by atoms with Gasteiger partial charge >= 0.3 is 5.97 Å². The van der Waals surface area contributed by atoms with E-state index in [4.69, 9.17) is 14.2 Å². The van der Waals surface area contributed by atoms with Gasteiger partial charge in [-0.1, -0.05) is 263 Å². The number of unbranched alkanes of at least 4 members (excludes halogenated alkanes) is 19. The number of carbonyl (C=O) groups is 2. The van der Waals surface area contributed by atoms with Gasteiger partial charge in [-0.25, -0.2) is 0 Å². The first-order valence-electron chi connectivity index (χ1n) is 31.7. The minimum atomic E-state index is -1.64. The quantitative estimate of drug-likeness (QED) is 0.0149. The minimum absolute atomic E-state index is 0.0982. The second-order valence-corrected chi connectivity index (χ2v) is 21.1. The summed E-state index contributed by atoms with van der Waals surface area (Å²) in [6, 6.07) is -1.06. The van der Waals surface area contributed by atoms with Crippen molar-refractivity contribution in [2.45, 2.75) is 269 Å². The summed E-state index contributed by atoms with van der Waals surface area (Å²) in [5, 5.41) is 56.9. The van der Waals surface area contributed by atoms with Gasteiger partial charge in [-0.05, 0) is 96.3 Å². The average Bonchev–Trinajstić information content (AvgIpc) is 3.49. The highest BCUT2D eigenvalue weighted by atomic mass is 16.7. The molecule has 8 atom stereocenters. The molecular weight excluding hydrogens is 1010 g/mol. The molecular formula is C70H113NO10. The summed E-state index contributed by atoms with van der Waals surface area (Å²) in [6.07, 6.45) is 70.3. The van der Waals surface area contributed by atoms with Gasteiger partial charge < -0.3 is 45.1 Å². The first-order chi connectivity index (χ1) is 39.7. The van der Waals surface area contributed by atoms with Gasteiger partial charge in [0.1, 0.15) is 24.4 Å². The Labute approximate surface area is 492 Å². The number of aliphatic hydroxyl groups excluding tert-OH is 5. The molecule has 11 nitrogen and oxygen atoms in total. The maximum atomic E-state index is 13.4. The fourth-order valence-electron chi connectivity index (χ4n) is 8.91. The summed E-state index contributed by atoms with van der Waals surface area (Å²) in [7, 11) is 0. The molecule has 81 heavy (non-hydrogen) atoms. The number of hydrogen-bond acceptors (Lipinski definition) is 10. The van der Waals surface area contributed by atoms with Crippen molar-refractivity contribution in [3.63, 3.8) is 0 Å². The standard InChI is InChI=1S/C70H113NO10/c1-4-7-10-13-16-19-22-24-26-27-28-29-30-31-32-33-34-35-36-37-38-40-43-46-49-52-55-58-65(75)81-68-67(77)66(76)64(59-72)80-70(68)79-60-61(62(73)56-53-50-47-44-41-21-18-15-12-9-6-3)71-69(78)63(74)57-54-51-48-45-42-39-25-23-20-17-14-11-8-5-2/h7-8,10-11,14,16-17,19-20,23-26,28-29,31-32,34-35,39,42,45,53,56,61-64,66-68,70,72-74,76-77H,4-6,9,12-13,15,18,21-22,27,30,33,36-38,40-41,43-44,46-52,54-55,57-60H2,1-3H3,(H,71,78)/b10-7-,11-8+,17-14+,19-16-,23-20-,26-24-,29-28-,32-31-,35-34-,39-25-,45-42+,56-53+. The van der Waals surface area contributed by atoms with E-state index >= 15 is 0 Å². The van der Waals surface area contributed by atoms with Gasteiger partial charge in [0.2, 0.25) is 5.91 Å². The lowest BCUT2D eigenvalue weighted by Crippen LogP contribution is -2.61. The van der Waals surface area contributed by atoms with Crippen molar-refractivity contribution < 1.29 is 49.3 Å². The van der Waals surface area contributed by atoms with Gasteiger partial charge in [-0.2, -0.15) is 0 Å². The van der Waals surface area contributed by atoms with Crippen LogP contribution in [-0.4, -0.2) is 99.6 Å². The maximum absolute atomic E-state index is 13.4. The van der Waals surface area contributed by atoms with Crippen molar-refractivity contribution in [1.29, 1.82) is 0 Å². The van der Waals surface area contributed by atoms with Crippen LogP contribution in [0, 0.1) is 0 Å². The zero-order chi connectivity index (χ0) is 58.9. The zero-order valence-corrected chi connectivity index (χ0v) is 50.6. The van der Waals surface area contributed by atoms with E-state index < -0.39 is 67.4 Å². The second kappa shape index (κ2) is 56.0. The first kappa shape index (κ1) is 74.6. The normalized spacial score (nSPS) is 19.7. The van der Waals surface area contributed by atoms with E-state index in [1.165, 1.54) is 57.8 Å². The number of hydrogen-bond donors (Lipinski definition) is 6. The largest absolute Gasteiger partial charge is 0.454 e. The fraction of sp³-hybridized carbons (Fsp3) is 0.629. The number of allylic oxidation sites excluding steroid dienone is 23. The molecule has 458 valence electrons. The highest BCUT2D eigenvalue weighted by Gasteiger charge is 2.47. The Balaban J connectivity index is 2.62. The molecule has 0 radical (unpaired) electrons. The Bertz CT molecular complexity index is 1870. The average molecular weight is 1130 g/mol. The molecule has 0 aromatic rings. The lowest BCUT2D eigenvalue weighted by molar-refractivity contribution is -0.305. The number of rotatable bonds is 51. The third-order valence-electron chi connectivity index (χ3n) is 13.9. The molecule has 0 bridgehead atoms. The molecule has 1 aliphatic rings. The van der Waals surface area contributed by atoms with Crippen molar-refractivity contribution in [3.05, 3.63) is 146 Å². The Morgan fingerprint density at radius 2 is 0.951 bits per heavy atom. The zero-order valence-electron chi connectivity index (χ0n) is 50.6. The third-order valence-corrected chi connectivity index (χ3v) is 13.9. The van der Waals surface area contributed by atoms with Gasteiger partial charge in [-0.15, -0.1) is 0 Å². The van der Waals surface area contributed by atoms with Gasteiger partial charge in [-0.3, -0.25) is 9.59 Å². The predicted octanol–water partition coefficient (Wildman–Crippen LogP) is 15.4. The molecule has 1 heterocycles. The van der Waals surface area contributed by atoms with Crippen LogP contribution in [0.3, 0.4) is 0 Å². The summed E-state index contributed by atoms with van der Waals surface area (Å²) >= 11 is 0. The van der Waals surface area contributed by atoms with E-state index in [2.05, 4.69) is 105 Å². The Morgan fingerprint density at radius 3 is 1.48 bits per heavy atom. The van der Waals surface area contributed by atoms with E-state index in [1.807, 2.05) is 60.8 Å². The molecule has 0 aromatic carbocycles. The molecule has 1 saturated heterocycles. The minimum Gasteiger partial charge on any atom is -0.454 e. The van der Waals surface area contributed by atoms with Crippen molar-refractivity contribution in [2.24, 2.45) is 0 Å². The number of amides is 1. The number of esters is 1. The van der Waals surface area contributed by atoms with Gasteiger partial charge in [0.05, 0.1) is 25.4 Å². The number of nitrogens with one attached hydrogen (secondary N) is 1. The molecule has 0 aliphatic carbocycles. The Morgan fingerprint density at radius 1 is 0.506 bits per heavy atom. The molecule has 1 amide bonds. The molecule has 0 spiro atoms. The summed E-state index contributed by atoms with van der Waals surface area (Å²) in [5.41, 5.74) is 0. The summed E-state index contributed by atoms with van der Waals surface area (Å²) in [4.78, 5) is 26.5. The van der Waals surface area contributed by atoms with Crippen LogP contribution in [-0.2, 0) is 23.8 Å². The van der Waals surface area contributed by atoms with Crippen LogP contribution in [0.1, 0.15) is 220 Å². The SMILES string of the molecule is CC/C=C\C/C=C\C/C=C\C/C=C\C/C=C\C/C=C\CCCCCCCCCCC(=O)OC1C(OCC(NC(=O)C(O)CCCC/C=C/C=C\C=C/C=C/C=C/CC)C(O)/C=C/CCCCCCCCCCC)OC(CO)C(O)C1O. The van der Waals surface area contributed by atoms with Crippen LogP contribution in [0.4, 0.5) is 0 Å². The van der Waals surface area contributed by atoms with E-state index in [0.717, 1.165) is 116 Å².